The maximum atomic E-state index is 12.8. The highest BCUT2D eigenvalue weighted by atomic mass is 32.2. The number of aromatic nitrogens is 4. The average molecular weight is 335 g/mol. The van der Waals surface area contributed by atoms with E-state index in [1.165, 1.54) is 22.0 Å². The molecule has 3 aromatic rings. The molecule has 0 aliphatic heterocycles. The quantitative estimate of drug-likeness (QED) is 0.684. The Kier molecular flexibility index (Phi) is 4.16. The van der Waals surface area contributed by atoms with Gasteiger partial charge in [-0.1, -0.05) is 18.2 Å². The smallest absolute Gasteiger partial charge is 0.251 e. The second-order valence-electron chi connectivity index (χ2n) is 4.36. The van der Waals surface area contributed by atoms with Crippen LogP contribution in [-0.2, 0) is 16.6 Å². The van der Waals surface area contributed by atoms with E-state index in [4.69, 9.17) is 0 Å². The van der Waals surface area contributed by atoms with Crippen LogP contribution >= 0.6 is 11.3 Å². The Morgan fingerprint density at radius 3 is 2.68 bits per heavy atom. The number of nitrogens with zero attached hydrogens (tertiary/aromatic N) is 5. The van der Waals surface area contributed by atoms with Crippen LogP contribution < -0.4 is 4.31 Å². The van der Waals surface area contributed by atoms with Gasteiger partial charge in [-0.05, 0) is 12.1 Å². The summed E-state index contributed by atoms with van der Waals surface area (Å²) in [5.41, 5.74) is 0. The monoisotopic (exact) mass is 335 g/mol. The van der Waals surface area contributed by atoms with Crippen LogP contribution in [0.3, 0.4) is 0 Å². The summed E-state index contributed by atoms with van der Waals surface area (Å²) >= 11 is 1.28. The molecule has 0 saturated carbocycles. The highest BCUT2D eigenvalue weighted by molar-refractivity contribution is 7.93. The van der Waals surface area contributed by atoms with E-state index in [-0.39, 0.29) is 11.4 Å². The molecule has 0 atom stereocenters. The van der Waals surface area contributed by atoms with Crippen LogP contribution in [0.2, 0.25) is 0 Å². The van der Waals surface area contributed by atoms with Crippen molar-refractivity contribution < 1.29 is 8.42 Å². The fourth-order valence-corrected chi connectivity index (χ4v) is 4.25. The van der Waals surface area contributed by atoms with Crippen molar-refractivity contribution in [2.75, 3.05) is 10.8 Å². The Morgan fingerprint density at radius 2 is 2.05 bits per heavy atom. The second-order valence-corrected chi connectivity index (χ2v) is 7.10. The molecule has 0 bridgehead atoms. The average Bonchev–Trinajstić information content (AvgIpc) is 3.21. The molecule has 9 heteroatoms. The molecule has 0 radical (unpaired) electrons. The van der Waals surface area contributed by atoms with Gasteiger partial charge in [0.1, 0.15) is 12.7 Å². The van der Waals surface area contributed by atoms with Crippen LogP contribution in [0.5, 0.6) is 0 Å². The van der Waals surface area contributed by atoms with Crippen molar-refractivity contribution in [2.24, 2.45) is 0 Å². The molecule has 114 valence electrons. The lowest BCUT2D eigenvalue weighted by Crippen LogP contribution is -2.34. The Morgan fingerprint density at radius 1 is 1.23 bits per heavy atom. The van der Waals surface area contributed by atoms with Gasteiger partial charge in [-0.15, -0.1) is 11.3 Å². The molecule has 0 unspecified atom stereocenters. The van der Waals surface area contributed by atoms with Gasteiger partial charge >= 0.3 is 0 Å². The summed E-state index contributed by atoms with van der Waals surface area (Å²) in [4.78, 5) is 8.22. The van der Waals surface area contributed by atoms with Crippen LogP contribution in [0.15, 0.2) is 59.5 Å². The van der Waals surface area contributed by atoms with E-state index in [0.29, 0.717) is 11.7 Å². The molecule has 0 aliphatic carbocycles. The number of rotatable bonds is 6. The van der Waals surface area contributed by atoms with E-state index in [2.05, 4.69) is 15.1 Å². The number of hydrogen-bond donors (Lipinski definition) is 0. The van der Waals surface area contributed by atoms with E-state index in [0.717, 1.165) is 0 Å². The summed E-state index contributed by atoms with van der Waals surface area (Å²) in [6, 6.07) is 8.33. The third-order valence-electron chi connectivity index (χ3n) is 2.96. The number of hydrogen-bond acceptors (Lipinski definition) is 6. The molecule has 22 heavy (non-hydrogen) atoms. The first kappa shape index (κ1) is 14.7. The summed E-state index contributed by atoms with van der Waals surface area (Å²) in [6.45, 7) is 0.625. The van der Waals surface area contributed by atoms with E-state index < -0.39 is 10.0 Å². The predicted octanol–water partition coefficient (Wildman–Crippen LogP) is 1.63. The van der Waals surface area contributed by atoms with Crippen LogP contribution in [0.4, 0.5) is 5.13 Å². The van der Waals surface area contributed by atoms with Gasteiger partial charge in [0.05, 0.1) is 18.0 Å². The van der Waals surface area contributed by atoms with E-state index in [9.17, 15) is 8.42 Å². The van der Waals surface area contributed by atoms with Crippen LogP contribution in [0.25, 0.3) is 0 Å². The summed E-state index contributed by atoms with van der Waals surface area (Å²) in [7, 11) is -3.66. The Bertz CT molecular complexity index is 802. The van der Waals surface area contributed by atoms with Gasteiger partial charge in [-0.25, -0.2) is 22.7 Å². The van der Waals surface area contributed by atoms with Gasteiger partial charge in [0.15, 0.2) is 5.13 Å². The summed E-state index contributed by atoms with van der Waals surface area (Å²) < 4.78 is 28.6. The van der Waals surface area contributed by atoms with Gasteiger partial charge in [-0.3, -0.25) is 4.68 Å². The number of sulfonamides is 1. The van der Waals surface area contributed by atoms with Gasteiger partial charge in [0.25, 0.3) is 10.0 Å². The molecule has 1 aromatic carbocycles. The third kappa shape index (κ3) is 3.00. The van der Waals surface area contributed by atoms with Crippen LogP contribution in [0.1, 0.15) is 0 Å². The zero-order chi connectivity index (χ0) is 15.4. The second kappa shape index (κ2) is 6.24. The molecule has 3 rings (SSSR count). The molecule has 2 aromatic heterocycles. The highest BCUT2D eigenvalue weighted by Gasteiger charge is 2.26. The molecule has 0 aliphatic rings. The molecule has 0 spiro atoms. The minimum atomic E-state index is -3.66. The van der Waals surface area contributed by atoms with E-state index >= 15 is 0 Å². The maximum Gasteiger partial charge on any atom is 0.266 e. The Balaban J connectivity index is 1.92. The fourth-order valence-electron chi connectivity index (χ4n) is 1.92. The lowest BCUT2D eigenvalue weighted by Gasteiger charge is -2.21. The molecule has 2 heterocycles. The Hall–Kier alpha value is -2.26. The highest BCUT2D eigenvalue weighted by Crippen LogP contribution is 2.25. The minimum absolute atomic E-state index is 0.230. The maximum absolute atomic E-state index is 12.8. The normalized spacial score (nSPS) is 11.5. The van der Waals surface area contributed by atoms with Crippen molar-refractivity contribution in [3.05, 3.63) is 54.6 Å². The molecule has 0 fully saturated rings. The topological polar surface area (TPSA) is 81.0 Å². The standard InChI is InChI=1S/C13H13N5O2S2/c19-22(20,12-4-2-1-3-5-12)18(13-15-6-9-21-13)8-7-17-11-14-10-16-17/h1-6,9-11H,7-8H2. The summed E-state index contributed by atoms with van der Waals surface area (Å²) in [5, 5.41) is 6.17. The Labute approximate surface area is 131 Å². The van der Waals surface area contributed by atoms with E-state index in [1.807, 2.05) is 0 Å². The lowest BCUT2D eigenvalue weighted by atomic mass is 10.4. The van der Waals surface area contributed by atoms with Crippen molar-refractivity contribution >= 4 is 26.5 Å². The first-order valence-corrected chi connectivity index (χ1v) is 8.79. The fraction of sp³-hybridized carbons (Fsp3) is 0.154. The first-order chi connectivity index (χ1) is 10.7. The summed E-state index contributed by atoms with van der Waals surface area (Å²) in [5.74, 6) is 0. The first-order valence-electron chi connectivity index (χ1n) is 6.47. The number of thiazole rings is 1. The van der Waals surface area contributed by atoms with Crippen LogP contribution in [0, 0.1) is 0 Å². The van der Waals surface area contributed by atoms with Crippen molar-refractivity contribution in [2.45, 2.75) is 11.4 Å². The number of anilines is 1. The van der Waals surface area contributed by atoms with Crippen LogP contribution in [-0.4, -0.2) is 34.7 Å². The molecule has 0 saturated heterocycles. The lowest BCUT2D eigenvalue weighted by molar-refractivity contribution is 0.576. The molecule has 0 amide bonds. The van der Waals surface area contributed by atoms with Gasteiger partial charge in [0, 0.05) is 11.6 Å². The summed E-state index contributed by atoms with van der Waals surface area (Å²) in [6.07, 6.45) is 4.55. The van der Waals surface area contributed by atoms with Crippen molar-refractivity contribution in [1.82, 2.24) is 19.7 Å². The zero-order valence-corrected chi connectivity index (χ0v) is 13.1. The van der Waals surface area contributed by atoms with Crippen molar-refractivity contribution in [1.29, 1.82) is 0 Å². The predicted molar refractivity (Wildman–Crippen MR) is 83.1 cm³/mol. The molecular formula is C13H13N5O2S2. The van der Waals surface area contributed by atoms with Crippen molar-refractivity contribution in [3.63, 3.8) is 0 Å². The third-order valence-corrected chi connectivity index (χ3v) is 5.68. The van der Waals surface area contributed by atoms with Gasteiger partial charge in [0.2, 0.25) is 0 Å². The number of benzene rings is 1. The molecule has 7 nitrogen and oxygen atoms in total. The zero-order valence-electron chi connectivity index (χ0n) is 11.5. The van der Waals surface area contributed by atoms with Gasteiger partial charge in [-0.2, -0.15) is 5.10 Å². The minimum Gasteiger partial charge on any atom is -0.251 e. The SMILES string of the molecule is O=S(=O)(c1ccccc1)N(CCn1cncn1)c1nccs1. The van der Waals surface area contributed by atoms with Crippen molar-refractivity contribution in [3.8, 4) is 0 Å². The van der Waals surface area contributed by atoms with Gasteiger partial charge < -0.3 is 0 Å². The molecular weight excluding hydrogens is 322 g/mol. The van der Waals surface area contributed by atoms with E-state index in [1.54, 1.807) is 52.9 Å². The molecule has 0 N–H and O–H groups in total. The largest absolute Gasteiger partial charge is 0.266 e.